The van der Waals surface area contributed by atoms with Crippen LogP contribution in [0.2, 0.25) is 0 Å². The van der Waals surface area contributed by atoms with E-state index in [0.717, 1.165) is 30.0 Å². The lowest BCUT2D eigenvalue weighted by atomic mass is 9.88. The Morgan fingerprint density at radius 1 is 1.40 bits per heavy atom. The molecule has 0 unspecified atom stereocenters. The third kappa shape index (κ3) is 1.85. The fraction of sp³-hybridized carbons (Fsp3) is 0.385. The van der Waals surface area contributed by atoms with Gasteiger partial charge in [0.2, 0.25) is 11.7 Å². The summed E-state index contributed by atoms with van der Waals surface area (Å²) in [6.07, 6.45) is 6.69. The maximum absolute atomic E-state index is 5.45. The molecule has 0 saturated carbocycles. The van der Waals surface area contributed by atoms with Crippen molar-refractivity contribution in [3.8, 4) is 10.7 Å². The molecule has 0 radical (unpaired) electrons. The van der Waals surface area contributed by atoms with Gasteiger partial charge in [0.25, 0.3) is 0 Å². The fourth-order valence-electron chi connectivity index (χ4n) is 2.68. The Bertz CT molecular complexity index is 730. The van der Waals surface area contributed by atoms with Crippen LogP contribution in [0.15, 0.2) is 22.4 Å². The van der Waals surface area contributed by atoms with Crippen molar-refractivity contribution in [2.24, 2.45) is 7.05 Å². The number of hydrogen-bond acceptors (Lipinski definition) is 6. The lowest BCUT2D eigenvalue weighted by Gasteiger charge is -2.19. The molecule has 20 heavy (non-hydrogen) atoms. The minimum Gasteiger partial charge on any atom is -0.339 e. The highest BCUT2D eigenvalue weighted by molar-refractivity contribution is 7.13. The van der Waals surface area contributed by atoms with E-state index in [2.05, 4.69) is 20.2 Å². The summed E-state index contributed by atoms with van der Waals surface area (Å²) in [5.41, 5.74) is 4.39. The predicted molar refractivity (Wildman–Crippen MR) is 73.4 cm³/mol. The average molecular weight is 287 g/mol. The van der Waals surface area contributed by atoms with Crippen LogP contribution in [0.5, 0.6) is 0 Å². The number of hydrogen-bond donors (Lipinski definition) is 0. The molecule has 0 amide bonds. The highest BCUT2D eigenvalue weighted by atomic mass is 32.1. The molecule has 7 heteroatoms. The molecule has 0 spiro atoms. The van der Waals surface area contributed by atoms with Gasteiger partial charge in [-0.1, -0.05) is 5.16 Å². The van der Waals surface area contributed by atoms with E-state index >= 15 is 0 Å². The Morgan fingerprint density at radius 3 is 3.20 bits per heavy atom. The summed E-state index contributed by atoms with van der Waals surface area (Å²) in [6, 6.07) is 0. The van der Waals surface area contributed by atoms with Crippen LogP contribution in [0, 0.1) is 0 Å². The van der Waals surface area contributed by atoms with Crippen molar-refractivity contribution < 1.29 is 4.52 Å². The highest BCUT2D eigenvalue weighted by Crippen LogP contribution is 2.32. The Labute approximate surface area is 119 Å². The van der Waals surface area contributed by atoms with Gasteiger partial charge in [-0.3, -0.25) is 9.67 Å². The van der Waals surface area contributed by atoms with E-state index in [1.165, 1.54) is 22.6 Å². The smallest absolute Gasteiger partial charge is 0.230 e. The van der Waals surface area contributed by atoms with E-state index in [4.69, 9.17) is 4.52 Å². The molecule has 3 aromatic rings. The second kappa shape index (κ2) is 4.52. The summed E-state index contributed by atoms with van der Waals surface area (Å²) in [7, 11) is 1.98. The topological polar surface area (TPSA) is 69.6 Å². The van der Waals surface area contributed by atoms with Gasteiger partial charge in [-0.05, 0) is 18.4 Å². The maximum Gasteiger partial charge on any atom is 0.230 e. The molecule has 0 fully saturated rings. The monoisotopic (exact) mass is 287 g/mol. The van der Waals surface area contributed by atoms with Gasteiger partial charge in [-0.25, -0.2) is 0 Å². The Morgan fingerprint density at radius 2 is 2.35 bits per heavy atom. The lowest BCUT2D eigenvalue weighted by molar-refractivity contribution is 0.338. The van der Waals surface area contributed by atoms with Gasteiger partial charge in [0, 0.05) is 31.3 Å². The largest absolute Gasteiger partial charge is 0.339 e. The quantitative estimate of drug-likeness (QED) is 0.722. The Kier molecular flexibility index (Phi) is 2.66. The van der Waals surface area contributed by atoms with Gasteiger partial charge in [-0.15, -0.1) is 11.3 Å². The number of nitrogens with zero attached hydrogens (tertiary/aromatic N) is 5. The molecular formula is C13H13N5OS. The Hall–Kier alpha value is -2.02. The standard InChI is InChI=1S/C13H13N5OS/c1-18-10-4-8(2-3-9(10)5-15-18)13-16-12(17-19-13)11-6-14-7-20-11/h5-8H,2-4H2,1H3/t8-/m0/s1. The van der Waals surface area contributed by atoms with Gasteiger partial charge in [-0.2, -0.15) is 10.1 Å². The van der Waals surface area contributed by atoms with Crippen LogP contribution in [-0.2, 0) is 19.9 Å². The zero-order valence-electron chi connectivity index (χ0n) is 11.0. The Balaban J connectivity index is 1.62. The lowest BCUT2D eigenvalue weighted by Crippen LogP contribution is -2.15. The number of thiazole rings is 1. The van der Waals surface area contributed by atoms with Crippen LogP contribution in [-0.4, -0.2) is 24.9 Å². The maximum atomic E-state index is 5.45. The van der Waals surface area contributed by atoms with E-state index in [1.54, 1.807) is 11.7 Å². The molecule has 0 N–H and O–H groups in total. The molecule has 0 aliphatic heterocycles. The first-order chi connectivity index (χ1) is 9.81. The first-order valence-corrected chi connectivity index (χ1v) is 7.41. The third-order valence-electron chi connectivity index (χ3n) is 3.79. The van der Waals surface area contributed by atoms with Gasteiger partial charge in [0.1, 0.15) is 0 Å². The van der Waals surface area contributed by atoms with Crippen molar-refractivity contribution in [1.82, 2.24) is 24.9 Å². The van der Waals surface area contributed by atoms with Crippen LogP contribution < -0.4 is 0 Å². The number of fused-ring (bicyclic) bond motifs is 1. The molecule has 102 valence electrons. The molecule has 6 nitrogen and oxygen atoms in total. The molecular weight excluding hydrogens is 274 g/mol. The van der Waals surface area contributed by atoms with Gasteiger partial charge in [0.15, 0.2) is 0 Å². The summed E-state index contributed by atoms with van der Waals surface area (Å²) < 4.78 is 7.39. The molecule has 0 bridgehead atoms. The van der Waals surface area contributed by atoms with Crippen LogP contribution in [0.3, 0.4) is 0 Å². The first kappa shape index (κ1) is 11.8. The molecule has 3 aromatic heterocycles. The molecule has 1 aliphatic carbocycles. The van der Waals surface area contributed by atoms with Gasteiger partial charge < -0.3 is 4.52 Å². The molecule has 3 heterocycles. The third-order valence-corrected chi connectivity index (χ3v) is 4.56. The second-order valence-corrected chi connectivity index (χ2v) is 5.89. The molecule has 0 aromatic carbocycles. The highest BCUT2D eigenvalue weighted by Gasteiger charge is 2.27. The van der Waals surface area contributed by atoms with Crippen LogP contribution in [0.25, 0.3) is 10.7 Å². The van der Waals surface area contributed by atoms with Crippen molar-refractivity contribution in [2.45, 2.75) is 25.2 Å². The minimum atomic E-state index is 0.284. The zero-order valence-corrected chi connectivity index (χ0v) is 11.8. The van der Waals surface area contributed by atoms with Crippen molar-refractivity contribution in [3.63, 3.8) is 0 Å². The van der Waals surface area contributed by atoms with E-state index in [-0.39, 0.29) is 5.92 Å². The molecule has 1 atom stereocenters. The van der Waals surface area contributed by atoms with Crippen molar-refractivity contribution >= 4 is 11.3 Å². The zero-order chi connectivity index (χ0) is 13.5. The fourth-order valence-corrected chi connectivity index (χ4v) is 3.23. The molecule has 4 rings (SSSR count). The number of aryl methyl sites for hydroxylation is 2. The molecule has 0 saturated heterocycles. The van der Waals surface area contributed by atoms with Gasteiger partial charge in [0.05, 0.1) is 16.6 Å². The summed E-state index contributed by atoms with van der Waals surface area (Å²) in [5.74, 6) is 1.64. The van der Waals surface area contributed by atoms with Crippen LogP contribution in [0.4, 0.5) is 0 Å². The van der Waals surface area contributed by atoms with Crippen molar-refractivity contribution in [2.75, 3.05) is 0 Å². The summed E-state index contributed by atoms with van der Waals surface area (Å²) >= 11 is 1.52. The summed E-state index contributed by atoms with van der Waals surface area (Å²) in [4.78, 5) is 9.51. The average Bonchev–Trinajstić information content (AvgIpc) is 3.18. The van der Waals surface area contributed by atoms with E-state index in [1.807, 2.05) is 17.9 Å². The number of rotatable bonds is 2. The van der Waals surface area contributed by atoms with Crippen LogP contribution >= 0.6 is 11.3 Å². The van der Waals surface area contributed by atoms with Gasteiger partial charge >= 0.3 is 0 Å². The first-order valence-electron chi connectivity index (χ1n) is 6.53. The predicted octanol–water partition coefficient (Wildman–Crippen LogP) is 2.20. The number of aromatic nitrogens is 5. The van der Waals surface area contributed by atoms with E-state index in [0.29, 0.717) is 5.82 Å². The molecule has 1 aliphatic rings. The summed E-state index contributed by atoms with van der Waals surface area (Å²) in [5, 5.41) is 8.38. The summed E-state index contributed by atoms with van der Waals surface area (Å²) in [6.45, 7) is 0. The van der Waals surface area contributed by atoms with E-state index < -0.39 is 0 Å². The van der Waals surface area contributed by atoms with Crippen molar-refractivity contribution in [3.05, 3.63) is 35.1 Å². The van der Waals surface area contributed by atoms with Crippen molar-refractivity contribution in [1.29, 1.82) is 0 Å². The normalized spacial score (nSPS) is 18.1. The SMILES string of the molecule is Cn1ncc2c1C[C@@H](c1nc(-c3cncs3)no1)CC2. The second-order valence-electron chi connectivity index (χ2n) is 5.00. The minimum absolute atomic E-state index is 0.284. The van der Waals surface area contributed by atoms with Crippen LogP contribution in [0.1, 0.15) is 29.5 Å². The van der Waals surface area contributed by atoms with E-state index in [9.17, 15) is 0 Å².